The Morgan fingerprint density at radius 1 is 0.314 bits per heavy atom. The van der Waals surface area contributed by atoms with Gasteiger partial charge >= 0.3 is 0 Å². The fourth-order valence-corrected chi connectivity index (χ4v) is 11.5. The summed E-state index contributed by atoms with van der Waals surface area (Å²) in [5.41, 5.74) is 20.3. The molecule has 0 atom stereocenters. The molecule has 2 heterocycles. The molecule has 1 aliphatic carbocycles. The Kier molecular flexibility index (Phi) is 9.11. The number of hydrogen-bond acceptors (Lipinski definition) is 2. The second-order valence-electron chi connectivity index (χ2n) is 18.4. The van der Waals surface area contributed by atoms with E-state index in [0.717, 1.165) is 61.3 Å². The van der Waals surface area contributed by atoms with Gasteiger partial charge in [-0.15, -0.1) is 0 Å². The van der Waals surface area contributed by atoms with Gasteiger partial charge in [0, 0.05) is 44.3 Å². The van der Waals surface area contributed by atoms with Gasteiger partial charge in [0.25, 0.3) is 0 Å². The lowest BCUT2D eigenvalue weighted by Crippen LogP contribution is -2.28. The summed E-state index contributed by atoms with van der Waals surface area (Å²) in [6, 6.07) is 97.3. The number of benzene rings is 11. The SMILES string of the molecule is c1ccc(-c2ccc(N(c3ccc(-c4ccc(-n5c6ccccc6c6cc7oc8ccccc8c7cc65)cc4)cc3)c3ccc4c(c3)C(c3ccccc3)(c3ccccc3)c3ccccc3-4)cc2)cc1. The Labute approximate surface area is 406 Å². The van der Waals surface area contributed by atoms with Crippen LogP contribution in [0, 0.1) is 0 Å². The van der Waals surface area contributed by atoms with E-state index in [1.807, 2.05) is 12.1 Å². The zero-order valence-electron chi connectivity index (χ0n) is 38.2. The molecule has 3 nitrogen and oxygen atoms in total. The lowest BCUT2D eigenvalue weighted by atomic mass is 9.67. The predicted octanol–water partition coefficient (Wildman–Crippen LogP) is 17.8. The highest BCUT2D eigenvalue weighted by molar-refractivity contribution is 6.17. The van der Waals surface area contributed by atoms with Crippen LogP contribution in [-0.2, 0) is 5.41 Å². The van der Waals surface area contributed by atoms with E-state index in [2.05, 4.69) is 264 Å². The van der Waals surface area contributed by atoms with Gasteiger partial charge in [0.15, 0.2) is 0 Å². The average molecular weight is 893 g/mol. The number of rotatable bonds is 8. The topological polar surface area (TPSA) is 21.3 Å². The van der Waals surface area contributed by atoms with Crippen LogP contribution in [0.15, 0.2) is 271 Å². The number of para-hydroxylation sites is 2. The lowest BCUT2D eigenvalue weighted by molar-refractivity contribution is 0.669. The summed E-state index contributed by atoms with van der Waals surface area (Å²) in [6.07, 6.45) is 0. The molecule has 0 fully saturated rings. The summed E-state index contributed by atoms with van der Waals surface area (Å²) < 4.78 is 8.73. The molecule has 328 valence electrons. The molecule has 0 radical (unpaired) electrons. The third-order valence-corrected chi connectivity index (χ3v) is 14.7. The van der Waals surface area contributed by atoms with Crippen LogP contribution in [0.2, 0.25) is 0 Å². The quantitative estimate of drug-likeness (QED) is 0.152. The molecule has 14 rings (SSSR count). The number of aromatic nitrogens is 1. The van der Waals surface area contributed by atoms with Gasteiger partial charge in [-0.25, -0.2) is 0 Å². The minimum atomic E-state index is -0.511. The van der Waals surface area contributed by atoms with E-state index in [9.17, 15) is 0 Å². The second kappa shape index (κ2) is 16.0. The van der Waals surface area contributed by atoms with Crippen LogP contribution in [0.25, 0.3) is 82.8 Å². The first kappa shape index (κ1) is 39.9. The Balaban J connectivity index is 0.881. The van der Waals surface area contributed by atoms with E-state index >= 15 is 0 Å². The molecule has 70 heavy (non-hydrogen) atoms. The Morgan fingerprint density at radius 2 is 0.829 bits per heavy atom. The first-order chi connectivity index (χ1) is 34.7. The van der Waals surface area contributed by atoms with E-state index in [0.29, 0.717) is 0 Å². The van der Waals surface area contributed by atoms with Crippen LogP contribution in [0.3, 0.4) is 0 Å². The van der Waals surface area contributed by atoms with Crippen molar-refractivity contribution in [1.82, 2.24) is 4.57 Å². The van der Waals surface area contributed by atoms with Crippen LogP contribution in [0.4, 0.5) is 17.1 Å². The van der Waals surface area contributed by atoms with E-state index < -0.39 is 5.41 Å². The van der Waals surface area contributed by atoms with Crippen LogP contribution >= 0.6 is 0 Å². The molecule has 1 aliphatic rings. The normalized spacial score (nSPS) is 12.7. The third kappa shape index (κ3) is 6.15. The lowest BCUT2D eigenvalue weighted by Gasteiger charge is -2.35. The predicted molar refractivity (Wildman–Crippen MR) is 291 cm³/mol. The number of furan rings is 1. The highest BCUT2D eigenvalue weighted by Crippen LogP contribution is 2.57. The van der Waals surface area contributed by atoms with Gasteiger partial charge in [0.1, 0.15) is 11.2 Å². The molecule has 13 aromatic rings. The van der Waals surface area contributed by atoms with E-state index in [-0.39, 0.29) is 0 Å². The molecule has 2 aromatic heterocycles. The van der Waals surface area contributed by atoms with Crippen molar-refractivity contribution in [2.24, 2.45) is 0 Å². The van der Waals surface area contributed by atoms with Crippen molar-refractivity contribution in [3.8, 4) is 39.1 Å². The first-order valence-electron chi connectivity index (χ1n) is 24.1. The van der Waals surface area contributed by atoms with Crippen LogP contribution in [-0.4, -0.2) is 4.57 Å². The summed E-state index contributed by atoms with van der Waals surface area (Å²) in [4.78, 5) is 2.41. The number of hydrogen-bond donors (Lipinski definition) is 0. The number of fused-ring (bicyclic) bond motifs is 9. The number of anilines is 3. The summed E-state index contributed by atoms with van der Waals surface area (Å²) >= 11 is 0. The Hall–Kier alpha value is -9.18. The van der Waals surface area contributed by atoms with Gasteiger partial charge in [-0.2, -0.15) is 0 Å². The van der Waals surface area contributed by atoms with Crippen molar-refractivity contribution >= 4 is 60.8 Å². The van der Waals surface area contributed by atoms with Crippen molar-refractivity contribution in [2.45, 2.75) is 5.41 Å². The van der Waals surface area contributed by atoms with Gasteiger partial charge in [0.2, 0.25) is 0 Å². The summed E-state index contributed by atoms with van der Waals surface area (Å²) in [7, 11) is 0. The molecule has 3 heteroatoms. The minimum Gasteiger partial charge on any atom is -0.456 e. The monoisotopic (exact) mass is 892 g/mol. The molecule has 0 aliphatic heterocycles. The molecule has 0 spiro atoms. The summed E-state index contributed by atoms with van der Waals surface area (Å²) in [6.45, 7) is 0. The van der Waals surface area contributed by atoms with Crippen molar-refractivity contribution < 1.29 is 4.42 Å². The number of nitrogens with zero attached hydrogens (tertiary/aromatic N) is 2. The molecule has 0 unspecified atom stereocenters. The highest BCUT2D eigenvalue weighted by atomic mass is 16.3. The highest BCUT2D eigenvalue weighted by Gasteiger charge is 2.46. The Morgan fingerprint density at radius 3 is 1.50 bits per heavy atom. The average Bonchev–Trinajstić information content (AvgIpc) is 4.07. The van der Waals surface area contributed by atoms with Crippen molar-refractivity contribution in [2.75, 3.05) is 4.90 Å². The molecule has 11 aromatic carbocycles. The molecule has 0 saturated carbocycles. The maximum atomic E-state index is 6.34. The fourth-order valence-electron chi connectivity index (χ4n) is 11.5. The van der Waals surface area contributed by atoms with Crippen molar-refractivity contribution in [3.05, 3.63) is 289 Å². The van der Waals surface area contributed by atoms with Crippen LogP contribution in [0.5, 0.6) is 0 Å². The van der Waals surface area contributed by atoms with Crippen molar-refractivity contribution in [3.63, 3.8) is 0 Å². The van der Waals surface area contributed by atoms with Crippen molar-refractivity contribution in [1.29, 1.82) is 0 Å². The third-order valence-electron chi connectivity index (χ3n) is 14.7. The maximum absolute atomic E-state index is 6.34. The zero-order chi connectivity index (χ0) is 46.2. The van der Waals surface area contributed by atoms with Gasteiger partial charge in [-0.1, -0.05) is 194 Å². The van der Waals surface area contributed by atoms with E-state index in [4.69, 9.17) is 4.42 Å². The summed E-state index contributed by atoms with van der Waals surface area (Å²) in [5.74, 6) is 0. The molecular formula is C67H44N2O. The minimum absolute atomic E-state index is 0.511. The first-order valence-corrected chi connectivity index (χ1v) is 24.1. The van der Waals surface area contributed by atoms with Gasteiger partial charge in [-0.05, 0) is 128 Å². The fraction of sp³-hybridized carbons (Fsp3) is 0.0149. The van der Waals surface area contributed by atoms with Gasteiger partial charge in [-0.3, -0.25) is 0 Å². The van der Waals surface area contributed by atoms with Gasteiger partial charge in [0.05, 0.1) is 16.4 Å². The molecular weight excluding hydrogens is 849 g/mol. The van der Waals surface area contributed by atoms with Gasteiger partial charge < -0.3 is 13.9 Å². The maximum Gasteiger partial charge on any atom is 0.136 e. The zero-order valence-corrected chi connectivity index (χ0v) is 38.2. The molecule has 0 amide bonds. The van der Waals surface area contributed by atoms with Crippen LogP contribution < -0.4 is 4.90 Å². The van der Waals surface area contributed by atoms with E-state index in [1.165, 1.54) is 60.8 Å². The Bertz CT molecular complexity index is 4040. The standard InChI is InChI=1S/C67H44N2O/c1-4-16-45(17-5-1)46-28-34-51(35-29-46)68(54-40-41-56-55-22-10-13-25-61(55)67(62(56)42-54,49-18-6-2-7-19-49)50-20-8-3-9-21-50)52-36-30-47(31-37-52)48-32-38-53(39-33-48)69-63-26-14-11-23-57(63)59-44-66-60(43-64(59)69)58-24-12-15-27-65(58)70-66/h1-44H. The summed E-state index contributed by atoms with van der Waals surface area (Å²) in [5, 5.41) is 4.64. The molecule has 0 N–H and O–H groups in total. The van der Waals surface area contributed by atoms with Crippen LogP contribution in [0.1, 0.15) is 22.3 Å². The van der Waals surface area contributed by atoms with E-state index in [1.54, 1.807) is 0 Å². The molecule has 0 saturated heterocycles. The second-order valence-corrected chi connectivity index (χ2v) is 18.4. The molecule has 0 bridgehead atoms. The smallest absolute Gasteiger partial charge is 0.136 e. The largest absolute Gasteiger partial charge is 0.456 e.